The third kappa shape index (κ3) is 4.05. The molecule has 2 aromatic rings. The summed E-state index contributed by atoms with van der Waals surface area (Å²) < 4.78 is 22.2. The number of quaternary nitrogens is 1. The molecule has 7 nitrogen and oxygen atoms in total. The topological polar surface area (TPSA) is 78.7 Å². The Morgan fingerprint density at radius 2 is 1.68 bits per heavy atom. The molecule has 164 valence electrons. The molecule has 4 rings (SSSR count). The van der Waals surface area contributed by atoms with Crippen LogP contribution in [0.5, 0.6) is 28.7 Å². The van der Waals surface area contributed by atoms with Crippen LogP contribution in [0.2, 0.25) is 0 Å². The highest BCUT2D eigenvalue weighted by atomic mass is 16.5. The molecule has 1 saturated heterocycles. The van der Waals surface area contributed by atoms with Crippen LogP contribution in [0.15, 0.2) is 30.0 Å². The monoisotopic (exact) mass is 426 g/mol. The average Bonchev–Trinajstić information content (AvgIpc) is 3.11. The quantitative estimate of drug-likeness (QED) is 0.692. The van der Waals surface area contributed by atoms with E-state index in [1.807, 2.05) is 0 Å². The van der Waals surface area contributed by atoms with Gasteiger partial charge in [-0.3, -0.25) is 4.79 Å². The number of phenols is 1. The van der Waals surface area contributed by atoms with Gasteiger partial charge in [-0.2, -0.15) is 0 Å². The largest absolute Gasteiger partial charge is 0.507 e. The number of rotatable bonds is 6. The van der Waals surface area contributed by atoms with Crippen molar-refractivity contribution in [3.05, 3.63) is 46.7 Å². The molecule has 0 aliphatic carbocycles. The fourth-order valence-corrected chi connectivity index (χ4v) is 4.25. The van der Waals surface area contributed by atoms with Crippen LogP contribution in [0.25, 0.3) is 6.08 Å². The molecule has 2 aliphatic rings. The molecular formula is C24H28NO6+. The van der Waals surface area contributed by atoms with Crippen molar-refractivity contribution in [3.63, 3.8) is 0 Å². The van der Waals surface area contributed by atoms with Crippen LogP contribution in [0.4, 0.5) is 0 Å². The number of hydrogen-bond acceptors (Lipinski definition) is 6. The van der Waals surface area contributed by atoms with Crippen LogP contribution in [0.1, 0.15) is 40.7 Å². The number of Topliss-reactive ketones (excluding diaryl/α,β-unsaturated/α-hetero) is 1. The Morgan fingerprint density at radius 1 is 1.00 bits per heavy atom. The first-order valence-electron chi connectivity index (χ1n) is 10.5. The van der Waals surface area contributed by atoms with Crippen molar-refractivity contribution in [2.24, 2.45) is 0 Å². The molecule has 0 saturated carbocycles. The molecule has 0 aromatic heterocycles. The Kier molecular flexibility index (Phi) is 6.04. The highest BCUT2D eigenvalue weighted by Gasteiger charge is 2.33. The number of aromatic hydroxyl groups is 1. The predicted molar refractivity (Wildman–Crippen MR) is 115 cm³/mol. The molecule has 2 aromatic carbocycles. The molecule has 7 heteroatoms. The number of carbonyl (C=O) groups excluding carboxylic acids is 1. The summed E-state index contributed by atoms with van der Waals surface area (Å²) in [5, 5.41) is 10.5. The Balaban J connectivity index is 1.69. The Bertz CT molecular complexity index is 1020. The smallest absolute Gasteiger partial charge is 0.231 e. The Hall–Kier alpha value is -3.19. The first-order chi connectivity index (χ1) is 15.0. The summed E-state index contributed by atoms with van der Waals surface area (Å²) in [6, 6.07) is 6.64. The third-order valence-corrected chi connectivity index (χ3v) is 5.93. The number of ether oxygens (including phenoxy) is 4. The molecule has 0 spiro atoms. The zero-order valence-corrected chi connectivity index (χ0v) is 18.1. The normalized spacial score (nSPS) is 17.4. The second kappa shape index (κ2) is 8.89. The maximum atomic E-state index is 13.1. The number of likely N-dealkylation sites (tertiary alicyclic amines) is 1. The van der Waals surface area contributed by atoms with E-state index < -0.39 is 0 Å². The zero-order valence-electron chi connectivity index (χ0n) is 18.1. The second-order valence-electron chi connectivity index (χ2n) is 7.82. The van der Waals surface area contributed by atoms with Gasteiger partial charge >= 0.3 is 0 Å². The van der Waals surface area contributed by atoms with Gasteiger partial charge in [0.05, 0.1) is 45.5 Å². The minimum Gasteiger partial charge on any atom is -0.507 e. The van der Waals surface area contributed by atoms with E-state index in [0.29, 0.717) is 46.2 Å². The number of carbonyl (C=O) groups is 1. The number of methoxy groups -OCH3 is 3. The van der Waals surface area contributed by atoms with E-state index in [1.165, 1.54) is 24.2 Å². The molecule has 0 amide bonds. The van der Waals surface area contributed by atoms with Crippen molar-refractivity contribution < 1.29 is 33.7 Å². The number of phenolic OH excluding ortho intramolecular Hbond substituents is 1. The molecule has 0 unspecified atom stereocenters. The van der Waals surface area contributed by atoms with Crippen LogP contribution in [-0.4, -0.2) is 45.3 Å². The first-order valence-corrected chi connectivity index (χ1v) is 10.5. The minimum absolute atomic E-state index is 0.162. The van der Waals surface area contributed by atoms with Crippen LogP contribution >= 0.6 is 0 Å². The molecule has 2 heterocycles. The fourth-order valence-electron chi connectivity index (χ4n) is 4.25. The van der Waals surface area contributed by atoms with Gasteiger partial charge < -0.3 is 29.0 Å². The van der Waals surface area contributed by atoms with Crippen LogP contribution in [0.3, 0.4) is 0 Å². The number of hydrogen-bond donors (Lipinski definition) is 2. The van der Waals surface area contributed by atoms with Crippen LogP contribution in [0, 0.1) is 0 Å². The standard InChI is InChI=1S/C24H27NO6/c1-28-19-13-21(30-3)20(29-2)11-15(19)12-22-23(27)16-7-8-18(26)17(24(16)31-22)14-25-9-5-4-6-10-25/h7-8,11-13,26H,4-6,9-10,14H2,1-3H3/p+1/b22-12-. The second-order valence-corrected chi connectivity index (χ2v) is 7.82. The molecule has 0 radical (unpaired) electrons. The number of benzene rings is 2. The molecule has 1 fully saturated rings. The van der Waals surface area contributed by atoms with E-state index in [4.69, 9.17) is 18.9 Å². The fraction of sp³-hybridized carbons (Fsp3) is 0.375. The molecule has 2 N–H and O–H groups in total. The highest BCUT2D eigenvalue weighted by Crippen LogP contribution is 2.41. The Morgan fingerprint density at radius 3 is 2.35 bits per heavy atom. The maximum Gasteiger partial charge on any atom is 0.231 e. The third-order valence-electron chi connectivity index (χ3n) is 5.93. The van der Waals surface area contributed by atoms with Gasteiger partial charge in [0.2, 0.25) is 5.78 Å². The zero-order chi connectivity index (χ0) is 22.0. The van der Waals surface area contributed by atoms with Gasteiger partial charge in [-0.05, 0) is 43.5 Å². The minimum atomic E-state index is -0.221. The summed E-state index contributed by atoms with van der Waals surface area (Å²) in [4.78, 5) is 14.4. The van der Waals surface area contributed by atoms with Gasteiger partial charge in [0.1, 0.15) is 18.0 Å². The summed E-state index contributed by atoms with van der Waals surface area (Å²) in [6.45, 7) is 2.75. The van der Waals surface area contributed by atoms with Crippen LogP contribution in [-0.2, 0) is 6.54 Å². The summed E-state index contributed by atoms with van der Waals surface area (Å²) in [6.07, 6.45) is 5.24. The van der Waals surface area contributed by atoms with Gasteiger partial charge in [0.25, 0.3) is 0 Å². The van der Waals surface area contributed by atoms with Crippen molar-refractivity contribution in [2.75, 3.05) is 34.4 Å². The van der Waals surface area contributed by atoms with E-state index in [0.717, 1.165) is 13.1 Å². The lowest BCUT2D eigenvalue weighted by Gasteiger charge is -2.24. The molecular weight excluding hydrogens is 398 g/mol. The van der Waals surface area contributed by atoms with Crippen molar-refractivity contribution in [1.29, 1.82) is 0 Å². The van der Waals surface area contributed by atoms with Gasteiger partial charge in [0, 0.05) is 11.6 Å². The van der Waals surface area contributed by atoms with E-state index in [1.54, 1.807) is 51.7 Å². The van der Waals surface area contributed by atoms with Crippen molar-refractivity contribution in [3.8, 4) is 28.7 Å². The van der Waals surface area contributed by atoms with E-state index in [2.05, 4.69) is 0 Å². The van der Waals surface area contributed by atoms with E-state index in [-0.39, 0.29) is 17.3 Å². The number of fused-ring (bicyclic) bond motifs is 1. The maximum absolute atomic E-state index is 13.1. The van der Waals surface area contributed by atoms with Crippen molar-refractivity contribution in [2.45, 2.75) is 25.8 Å². The van der Waals surface area contributed by atoms with Gasteiger partial charge in [-0.1, -0.05) is 0 Å². The number of piperidine rings is 1. The van der Waals surface area contributed by atoms with E-state index >= 15 is 0 Å². The van der Waals surface area contributed by atoms with Crippen molar-refractivity contribution in [1.82, 2.24) is 0 Å². The van der Waals surface area contributed by atoms with Gasteiger partial charge in [0.15, 0.2) is 23.0 Å². The highest BCUT2D eigenvalue weighted by molar-refractivity contribution is 6.15. The average molecular weight is 426 g/mol. The summed E-state index contributed by atoms with van der Waals surface area (Å²) in [5.74, 6) is 2.15. The lowest BCUT2D eigenvalue weighted by Crippen LogP contribution is -3.11. The summed E-state index contributed by atoms with van der Waals surface area (Å²) in [7, 11) is 4.65. The van der Waals surface area contributed by atoms with Gasteiger partial charge in [-0.25, -0.2) is 0 Å². The number of nitrogens with one attached hydrogen (secondary N) is 1. The molecule has 31 heavy (non-hydrogen) atoms. The predicted octanol–water partition coefficient (Wildman–Crippen LogP) is 2.60. The van der Waals surface area contributed by atoms with Gasteiger partial charge in [-0.15, -0.1) is 0 Å². The Labute approximate surface area is 181 Å². The van der Waals surface area contributed by atoms with Crippen LogP contribution < -0.4 is 23.8 Å². The van der Waals surface area contributed by atoms with E-state index in [9.17, 15) is 9.90 Å². The SMILES string of the molecule is COc1cc(OC)c(OC)cc1/C=C1\Oc2c(ccc(O)c2C[NH+]2CCCCC2)C1=O. The summed E-state index contributed by atoms with van der Waals surface area (Å²) >= 11 is 0. The molecule has 0 atom stereocenters. The number of allylic oxidation sites excluding steroid dienone is 1. The molecule has 0 bridgehead atoms. The number of ketones is 1. The molecule has 2 aliphatic heterocycles. The first kappa shape index (κ1) is 21.1. The summed E-state index contributed by atoms with van der Waals surface area (Å²) in [5.41, 5.74) is 1.78. The lowest BCUT2D eigenvalue weighted by atomic mass is 10.0. The van der Waals surface area contributed by atoms with Crippen molar-refractivity contribution >= 4 is 11.9 Å². The lowest BCUT2D eigenvalue weighted by molar-refractivity contribution is -0.918.